The lowest BCUT2D eigenvalue weighted by atomic mass is 10.1. The molecule has 0 saturated heterocycles. The second-order valence-electron chi connectivity index (χ2n) is 4.94. The van der Waals surface area contributed by atoms with Crippen LogP contribution in [-0.2, 0) is 6.42 Å². The van der Waals surface area contributed by atoms with Crippen LogP contribution in [0.3, 0.4) is 0 Å². The first-order chi connectivity index (χ1) is 10.3. The van der Waals surface area contributed by atoms with Crippen molar-refractivity contribution in [3.05, 3.63) is 60.0 Å². The molecule has 0 unspecified atom stereocenters. The Kier molecular flexibility index (Phi) is 4.27. The zero-order chi connectivity index (χ0) is 14.7. The van der Waals surface area contributed by atoms with E-state index in [1.54, 1.807) is 17.8 Å². The topological polar surface area (TPSA) is 41.8 Å². The van der Waals surface area contributed by atoms with E-state index in [2.05, 4.69) is 17.1 Å². The smallest absolute Gasteiger partial charge is 0.123 e. The van der Waals surface area contributed by atoms with Crippen LogP contribution in [0.15, 0.2) is 58.5 Å². The predicted octanol–water partition coefficient (Wildman–Crippen LogP) is 4.35. The lowest BCUT2D eigenvalue weighted by Crippen LogP contribution is -2.01. The lowest BCUT2D eigenvalue weighted by Gasteiger charge is -2.08. The third kappa shape index (κ3) is 3.12. The molecule has 2 aromatic carbocycles. The molecule has 0 amide bonds. The fourth-order valence-corrected chi connectivity index (χ4v) is 3.45. The number of fused-ring (bicyclic) bond motifs is 1. The summed E-state index contributed by atoms with van der Waals surface area (Å²) in [5, 5.41) is 1.19. The van der Waals surface area contributed by atoms with Gasteiger partial charge in [0, 0.05) is 26.9 Å². The Hall–Kier alpha value is -1.78. The summed E-state index contributed by atoms with van der Waals surface area (Å²) in [6.07, 6.45) is 3.68. The second kappa shape index (κ2) is 6.33. The molecule has 0 spiro atoms. The number of aromatic amines is 1. The van der Waals surface area contributed by atoms with Gasteiger partial charge in [0.2, 0.25) is 0 Å². The summed E-state index contributed by atoms with van der Waals surface area (Å²) in [5.41, 5.74) is 7.71. The van der Waals surface area contributed by atoms with Crippen molar-refractivity contribution >= 4 is 22.7 Å². The maximum Gasteiger partial charge on any atom is 0.123 e. The van der Waals surface area contributed by atoms with Gasteiger partial charge in [0.15, 0.2) is 0 Å². The SMILES string of the molecule is NCCCc1cc(F)ccc1Sc1c[nH]c2ccccc12. The summed E-state index contributed by atoms with van der Waals surface area (Å²) in [6, 6.07) is 13.2. The largest absolute Gasteiger partial charge is 0.360 e. The Labute approximate surface area is 127 Å². The number of aromatic nitrogens is 1. The first-order valence-electron chi connectivity index (χ1n) is 7.00. The van der Waals surface area contributed by atoms with E-state index < -0.39 is 0 Å². The van der Waals surface area contributed by atoms with Crippen LogP contribution in [0.1, 0.15) is 12.0 Å². The van der Waals surface area contributed by atoms with Crippen LogP contribution in [0.2, 0.25) is 0 Å². The van der Waals surface area contributed by atoms with Crippen molar-refractivity contribution in [3.63, 3.8) is 0 Å². The van der Waals surface area contributed by atoms with Crippen molar-refractivity contribution in [2.75, 3.05) is 6.54 Å². The van der Waals surface area contributed by atoms with Gasteiger partial charge in [-0.2, -0.15) is 0 Å². The fourth-order valence-electron chi connectivity index (χ4n) is 2.38. The molecule has 1 heterocycles. The summed E-state index contributed by atoms with van der Waals surface area (Å²) < 4.78 is 13.5. The number of benzene rings is 2. The van der Waals surface area contributed by atoms with E-state index in [0.717, 1.165) is 33.7 Å². The number of nitrogens with one attached hydrogen (secondary N) is 1. The minimum absolute atomic E-state index is 0.190. The van der Waals surface area contributed by atoms with E-state index in [4.69, 9.17) is 5.73 Å². The third-order valence-electron chi connectivity index (χ3n) is 3.44. The molecule has 4 heteroatoms. The molecule has 2 nitrogen and oxygen atoms in total. The number of rotatable bonds is 5. The molecule has 0 radical (unpaired) electrons. The van der Waals surface area contributed by atoms with Gasteiger partial charge in [-0.15, -0.1) is 0 Å². The van der Waals surface area contributed by atoms with E-state index in [-0.39, 0.29) is 5.82 Å². The predicted molar refractivity (Wildman–Crippen MR) is 86.2 cm³/mol. The zero-order valence-electron chi connectivity index (χ0n) is 11.6. The number of hydrogen-bond acceptors (Lipinski definition) is 2. The first-order valence-corrected chi connectivity index (χ1v) is 7.82. The van der Waals surface area contributed by atoms with Crippen molar-refractivity contribution in [2.24, 2.45) is 5.73 Å². The van der Waals surface area contributed by atoms with Gasteiger partial charge in [-0.3, -0.25) is 0 Å². The van der Waals surface area contributed by atoms with Gasteiger partial charge in [0.05, 0.1) is 0 Å². The lowest BCUT2D eigenvalue weighted by molar-refractivity contribution is 0.622. The molecule has 3 aromatic rings. The van der Waals surface area contributed by atoms with Crippen molar-refractivity contribution in [3.8, 4) is 0 Å². The van der Waals surface area contributed by atoms with Gasteiger partial charge >= 0.3 is 0 Å². The van der Waals surface area contributed by atoms with E-state index in [1.807, 2.05) is 24.4 Å². The van der Waals surface area contributed by atoms with Gasteiger partial charge in [0.25, 0.3) is 0 Å². The van der Waals surface area contributed by atoms with Crippen LogP contribution in [0.4, 0.5) is 4.39 Å². The highest BCUT2D eigenvalue weighted by Crippen LogP contribution is 2.35. The Morgan fingerprint density at radius 2 is 1.95 bits per heavy atom. The number of halogens is 1. The van der Waals surface area contributed by atoms with Gasteiger partial charge in [-0.05, 0) is 49.2 Å². The third-order valence-corrected chi connectivity index (χ3v) is 4.62. The summed E-state index contributed by atoms with van der Waals surface area (Å²) in [4.78, 5) is 5.52. The number of para-hydroxylation sites is 1. The Balaban J connectivity index is 1.93. The first kappa shape index (κ1) is 14.2. The van der Waals surface area contributed by atoms with Gasteiger partial charge in [-0.1, -0.05) is 30.0 Å². The van der Waals surface area contributed by atoms with Crippen LogP contribution in [0.5, 0.6) is 0 Å². The standard InChI is InChI=1S/C17H17FN2S/c18-13-7-8-16(12(10-13)4-3-9-19)21-17-11-20-15-6-2-1-5-14(15)17/h1-2,5-8,10-11,20H,3-4,9,19H2. The minimum atomic E-state index is -0.190. The van der Waals surface area contributed by atoms with Crippen LogP contribution in [0.25, 0.3) is 10.9 Å². The van der Waals surface area contributed by atoms with Crippen molar-refractivity contribution < 1.29 is 4.39 Å². The summed E-state index contributed by atoms with van der Waals surface area (Å²) >= 11 is 1.67. The number of nitrogens with two attached hydrogens (primary N) is 1. The molecule has 0 aliphatic rings. The quantitative estimate of drug-likeness (QED) is 0.735. The number of H-pyrrole nitrogens is 1. The maximum atomic E-state index is 13.5. The van der Waals surface area contributed by atoms with Crippen LogP contribution >= 0.6 is 11.8 Å². The molecule has 108 valence electrons. The maximum absolute atomic E-state index is 13.5. The van der Waals surface area contributed by atoms with Gasteiger partial charge in [-0.25, -0.2) is 4.39 Å². The van der Waals surface area contributed by atoms with E-state index >= 15 is 0 Å². The average molecular weight is 300 g/mol. The molecule has 0 fully saturated rings. The summed E-state index contributed by atoms with van der Waals surface area (Å²) in [5.74, 6) is -0.190. The van der Waals surface area contributed by atoms with Crippen LogP contribution in [0, 0.1) is 5.82 Å². The molecule has 0 atom stereocenters. The molecule has 1 aromatic heterocycles. The fraction of sp³-hybridized carbons (Fsp3) is 0.176. The molecule has 21 heavy (non-hydrogen) atoms. The van der Waals surface area contributed by atoms with E-state index in [0.29, 0.717) is 6.54 Å². The zero-order valence-corrected chi connectivity index (χ0v) is 12.4. The van der Waals surface area contributed by atoms with Gasteiger partial charge < -0.3 is 10.7 Å². The summed E-state index contributed by atoms with van der Waals surface area (Å²) in [7, 11) is 0. The van der Waals surface area contributed by atoms with E-state index in [1.165, 1.54) is 11.5 Å². The van der Waals surface area contributed by atoms with Crippen LogP contribution < -0.4 is 5.73 Å². The Bertz CT molecular complexity index is 751. The van der Waals surface area contributed by atoms with Crippen molar-refractivity contribution in [1.82, 2.24) is 4.98 Å². The average Bonchev–Trinajstić information content (AvgIpc) is 2.91. The van der Waals surface area contributed by atoms with E-state index in [9.17, 15) is 4.39 Å². The molecule has 0 saturated carbocycles. The number of hydrogen-bond donors (Lipinski definition) is 2. The minimum Gasteiger partial charge on any atom is -0.360 e. The molecular formula is C17H17FN2S. The van der Waals surface area contributed by atoms with Gasteiger partial charge in [0.1, 0.15) is 5.82 Å². The molecule has 0 aliphatic carbocycles. The molecular weight excluding hydrogens is 283 g/mol. The van der Waals surface area contributed by atoms with Crippen molar-refractivity contribution in [1.29, 1.82) is 0 Å². The summed E-state index contributed by atoms with van der Waals surface area (Å²) in [6.45, 7) is 0.619. The number of aryl methyl sites for hydroxylation is 1. The Morgan fingerprint density at radius 1 is 1.10 bits per heavy atom. The molecule has 0 bridgehead atoms. The molecule has 0 aliphatic heterocycles. The van der Waals surface area contributed by atoms with Crippen molar-refractivity contribution in [2.45, 2.75) is 22.6 Å². The second-order valence-corrected chi connectivity index (χ2v) is 6.03. The highest BCUT2D eigenvalue weighted by Gasteiger charge is 2.09. The highest BCUT2D eigenvalue weighted by atomic mass is 32.2. The monoisotopic (exact) mass is 300 g/mol. The normalized spacial score (nSPS) is 11.1. The molecule has 3 N–H and O–H groups in total. The molecule has 3 rings (SSSR count). The van der Waals surface area contributed by atoms with Crippen LogP contribution in [-0.4, -0.2) is 11.5 Å². The highest BCUT2D eigenvalue weighted by molar-refractivity contribution is 7.99. The Morgan fingerprint density at radius 3 is 2.81 bits per heavy atom.